The molecule has 5 nitrogen and oxygen atoms in total. The summed E-state index contributed by atoms with van der Waals surface area (Å²) < 4.78 is 0. The van der Waals surface area contributed by atoms with E-state index in [9.17, 15) is 4.79 Å². The molecule has 1 aliphatic carbocycles. The van der Waals surface area contributed by atoms with Gasteiger partial charge in [0.05, 0.1) is 11.4 Å². The topological polar surface area (TPSA) is 82.9 Å². The molecule has 3 aromatic carbocycles. The molecule has 1 aromatic heterocycles. The van der Waals surface area contributed by atoms with Crippen molar-refractivity contribution in [2.24, 2.45) is 0 Å². The second-order valence-corrected chi connectivity index (χ2v) is 8.11. The van der Waals surface area contributed by atoms with Gasteiger partial charge in [0.25, 0.3) is 5.91 Å². The number of rotatable bonds is 6. The lowest BCUT2D eigenvalue weighted by molar-refractivity contribution is 0.102. The molecular formula is C26H26N4O. The zero-order valence-corrected chi connectivity index (χ0v) is 17.3. The second-order valence-electron chi connectivity index (χ2n) is 8.11. The molecule has 0 saturated carbocycles. The SMILES string of the molecule is Nc1ccccc1NC(=O)c1ccc2c(c1)CCC2NCCc1c[nH]c2ccccc12. The Morgan fingerprint density at radius 2 is 1.90 bits per heavy atom. The van der Waals surface area contributed by atoms with Gasteiger partial charge in [0.15, 0.2) is 0 Å². The largest absolute Gasteiger partial charge is 0.397 e. The number of nitrogen functional groups attached to an aromatic ring is 1. The van der Waals surface area contributed by atoms with Gasteiger partial charge >= 0.3 is 0 Å². The van der Waals surface area contributed by atoms with Crippen LogP contribution in [0.4, 0.5) is 11.4 Å². The van der Waals surface area contributed by atoms with E-state index in [-0.39, 0.29) is 5.91 Å². The fourth-order valence-electron chi connectivity index (χ4n) is 4.50. The lowest BCUT2D eigenvalue weighted by atomic mass is 10.0. The first-order valence-electron chi connectivity index (χ1n) is 10.8. The van der Waals surface area contributed by atoms with Crippen LogP contribution in [-0.4, -0.2) is 17.4 Å². The maximum Gasteiger partial charge on any atom is 0.255 e. The number of aromatic amines is 1. The van der Waals surface area contributed by atoms with E-state index in [0.29, 0.717) is 23.0 Å². The summed E-state index contributed by atoms with van der Waals surface area (Å²) in [7, 11) is 0. The van der Waals surface area contributed by atoms with Crippen molar-refractivity contribution in [1.82, 2.24) is 10.3 Å². The monoisotopic (exact) mass is 410 g/mol. The molecule has 156 valence electrons. The number of aryl methyl sites for hydroxylation is 1. The lowest BCUT2D eigenvalue weighted by Gasteiger charge is -2.14. The molecule has 1 unspecified atom stereocenters. The Labute approximate surface area is 181 Å². The van der Waals surface area contributed by atoms with Crippen molar-refractivity contribution in [1.29, 1.82) is 0 Å². The van der Waals surface area contributed by atoms with Crippen LogP contribution in [0.3, 0.4) is 0 Å². The minimum Gasteiger partial charge on any atom is -0.397 e. The van der Waals surface area contributed by atoms with Crippen molar-refractivity contribution < 1.29 is 4.79 Å². The summed E-state index contributed by atoms with van der Waals surface area (Å²) in [5.41, 5.74) is 12.9. The second kappa shape index (κ2) is 8.28. The molecule has 1 amide bonds. The summed E-state index contributed by atoms with van der Waals surface area (Å²) >= 11 is 0. The molecule has 31 heavy (non-hydrogen) atoms. The third kappa shape index (κ3) is 3.92. The van der Waals surface area contributed by atoms with Gasteiger partial charge in [-0.2, -0.15) is 0 Å². The quantitative estimate of drug-likeness (QED) is 0.344. The molecule has 4 aromatic rings. The van der Waals surface area contributed by atoms with Gasteiger partial charge in [-0.25, -0.2) is 0 Å². The number of nitrogens with one attached hydrogen (secondary N) is 3. The number of aromatic nitrogens is 1. The Morgan fingerprint density at radius 3 is 2.81 bits per heavy atom. The number of fused-ring (bicyclic) bond motifs is 2. The highest BCUT2D eigenvalue weighted by Gasteiger charge is 2.23. The highest BCUT2D eigenvalue weighted by molar-refractivity contribution is 6.05. The summed E-state index contributed by atoms with van der Waals surface area (Å²) in [6.07, 6.45) is 5.13. The molecule has 0 aliphatic heterocycles. The summed E-state index contributed by atoms with van der Waals surface area (Å²) in [5, 5.41) is 7.91. The number of nitrogens with two attached hydrogens (primary N) is 1. The van der Waals surface area contributed by atoms with E-state index in [0.717, 1.165) is 25.8 Å². The average Bonchev–Trinajstić information content (AvgIpc) is 3.39. The van der Waals surface area contributed by atoms with Crippen LogP contribution in [0, 0.1) is 0 Å². The standard InChI is InChI=1S/C26H26N4O/c27-22-6-2-4-8-25(22)30-26(31)18-9-11-21-17(15-18)10-12-24(21)28-14-13-19-16-29-23-7-3-1-5-20(19)23/h1-9,11,15-16,24,28-29H,10,12-14,27H2,(H,30,31). The average molecular weight is 411 g/mol. The van der Waals surface area contributed by atoms with E-state index >= 15 is 0 Å². The third-order valence-electron chi connectivity index (χ3n) is 6.15. The zero-order chi connectivity index (χ0) is 21.2. The molecule has 5 rings (SSSR count). The Kier molecular flexibility index (Phi) is 5.18. The summed E-state index contributed by atoms with van der Waals surface area (Å²) in [6.45, 7) is 0.918. The van der Waals surface area contributed by atoms with Crippen molar-refractivity contribution in [3.63, 3.8) is 0 Å². The van der Waals surface area contributed by atoms with Crippen LogP contribution >= 0.6 is 0 Å². The molecule has 0 fully saturated rings. The molecule has 1 atom stereocenters. The van der Waals surface area contributed by atoms with Crippen molar-refractivity contribution in [2.75, 3.05) is 17.6 Å². The van der Waals surface area contributed by atoms with Gasteiger partial charge in [-0.1, -0.05) is 36.4 Å². The summed E-state index contributed by atoms with van der Waals surface area (Å²) in [4.78, 5) is 16.0. The fourth-order valence-corrected chi connectivity index (χ4v) is 4.50. The lowest BCUT2D eigenvalue weighted by Crippen LogP contribution is -2.22. The zero-order valence-electron chi connectivity index (χ0n) is 17.3. The van der Waals surface area contributed by atoms with E-state index in [1.807, 2.05) is 30.3 Å². The number of benzene rings is 3. The molecule has 1 aliphatic rings. The number of amides is 1. The van der Waals surface area contributed by atoms with E-state index in [1.54, 1.807) is 6.07 Å². The third-order valence-corrected chi connectivity index (χ3v) is 6.15. The van der Waals surface area contributed by atoms with Crippen molar-refractivity contribution in [3.8, 4) is 0 Å². The maximum absolute atomic E-state index is 12.7. The number of hydrogen-bond acceptors (Lipinski definition) is 3. The Morgan fingerprint density at radius 1 is 1.06 bits per heavy atom. The van der Waals surface area contributed by atoms with Crippen LogP contribution < -0.4 is 16.4 Å². The van der Waals surface area contributed by atoms with E-state index < -0.39 is 0 Å². The molecule has 5 heteroatoms. The van der Waals surface area contributed by atoms with Gasteiger partial charge < -0.3 is 21.4 Å². The predicted molar refractivity (Wildman–Crippen MR) is 126 cm³/mol. The van der Waals surface area contributed by atoms with Crippen LogP contribution in [0.1, 0.15) is 39.5 Å². The minimum absolute atomic E-state index is 0.128. The minimum atomic E-state index is -0.128. The van der Waals surface area contributed by atoms with Crippen molar-refractivity contribution in [3.05, 3.63) is 95.2 Å². The van der Waals surface area contributed by atoms with Gasteiger partial charge in [0.1, 0.15) is 0 Å². The maximum atomic E-state index is 12.7. The van der Waals surface area contributed by atoms with Gasteiger partial charge in [0, 0.05) is 28.7 Å². The molecule has 0 saturated heterocycles. The highest BCUT2D eigenvalue weighted by atomic mass is 16.1. The Bertz CT molecular complexity index is 1240. The molecule has 1 heterocycles. The normalized spacial score (nSPS) is 15.2. The van der Waals surface area contributed by atoms with Gasteiger partial charge in [-0.15, -0.1) is 0 Å². The van der Waals surface area contributed by atoms with Crippen molar-refractivity contribution in [2.45, 2.75) is 25.3 Å². The number of anilines is 2. The molecule has 0 spiro atoms. The van der Waals surface area contributed by atoms with Crippen LogP contribution in [0.15, 0.2) is 72.9 Å². The smallest absolute Gasteiger partial charge is 0.255 e. The number of hydrogen-bond donors (Lipinski definition) is 4. The molecule has 0 bridgehead atoms. The van der Waals surface area contributed by atoms with E-state index in [1.165, 1.54) is 27.6 Å². The van der Waals surface area contributed by atoms with E-state index in [2.05, 4.69) is 52.1 Å². The number of carbonyl (C=O) groups excluding carboxylic acids is 1. The predicted octanol–water partition coefficient (Wildman–Crippen LogP) is 4.82. The summed E-state index contributed by atoms with van der Waals surface area (Å²) in [6, 6.07) is 22.1. The van der Waals surface area contributed by atoms with E-state index in [4.69, 9.17) is 5.73 Å². The van der Waals surface area contributed by atoms with Crippen molar-refractivity contribution >= 4 is 28.2 Å². The number of carbonyl (C=O) groups is 1. The first kappa shape index (κ1) is 19.4. The van der Waals surface area contributed by atoms with Crippen LogP contribution in [0.5, 0.6) is 0 Å². The molecule has 0 radical (unpaired) electrons. The fraction of sp³-hybridized carbons (Fsp3) is 0.192. The van der Waals surface area contributed by atoms with Crippen LogP contribution in [-0.2, 0) is 12.8 Å². The van der Waals surface area contributed by atoms with Gasteiger partial charge in [0.2, 0.25) is 0 Å². The first-order chi connectivity index (χ1) is 15.2. The number of H-pyrrole nitrogens is 1. The van der Waals surface area contributed by atoms with Gasteiger partial charge in [-0.3, -0.25) is 4.79 Å². The first-order valence-corrected chi connectivity index (χ1v) is 10.8. The molecule has 5 N–H and O–H groups in total. The summed E-state index contributed by atoms with van der Waals surface area (Å²) in [5.74, 6) is -0.128. The van der Waals surface area contributed by atoms with Crippen LogP contribution in [0.25, 0.3) is 10.9 Å². The highest BCUT2D eigenvalue weighted by Crippen LogP contribution is 2.32. The van der Waals surface area contributed by atoms with Gasteiger partial charge in [-0.05, 0) is 72.8 Å². The van der Waals surface area contributed by atoms with Crippen LogP contribution in [0.2, 0.25) is 0 Å². The Balaban J connectivity index is 1.23. The number of para-hydroxylation sites is 3. The molecular weight excluding hydrogens is 384 g/mol. The Hall–Kier alpha value is -3.57.